The maximum atomic E-state index is 12.2. The molecule has 0 bridgehead atoms. The second-order valence-corrected chi connectivity index (χ2v) is 6.19. The van der Waals surface area contributed by atoms with Crippen molar-refractivity contribution in [3.8, 4) is 5.75 Å². The van der Waals surface area contributed by atoms with Gasteiger partial charge in [-0.15, -0.1) is 0 Å². The van der Waals surface area contributed by atoms with Crippen molar-refractivity contribution in [2.45, 2.75) is 13.0 Å². The van der Waals surface area contributed by atoms with Gasteiger partial charge in [0.2, 0.25) is 0 Å². The number of halogens is 1. The highest BCUT2D eigenvalue weighted by Crippen LogP contribution is 2.20. The van der Waals surface area contributed by atoms with Crippen molar-refractivity contribution in [2.24, 2.45) is 0 Å². The number of nitrogens with zero attached hydrogens (tertiary/aromatic N) is 3. The van der Waals surface area contributed by atoms with Crippen LogP contribution in [0.3, 0.4) is 0 Å². The molecular formula is C19H19ClN4O3. The van der Waals surface area contributed by atoms with Gasteiger partial charge in [0.1, 0.15) is 5.75 Å². The number of benzene rings is 2. The Morgan fingerprint density at radius 3 is 2.70 bits per heavy atom. The smallest absolute Gasteiger partial charge is 0.321 e. The minimum absolute atomic E-state index is 0.194. The highest BCUT2D eigenvalue weighted by atomic mass is 35.5. The van der Waals surface area contributed by atoms with E-state index >= 15 is 0 Å². The number of carbonyl (C=O) groups excluding carboxylic acids is 1. The van der Waals surface area contributed by atoms with Crippen LogP contribution < -0.4 is 10.1 Å². The summed E-state index contributed by atoms with van der Waals surface area (Å²) >= 11 is 6.05. The molecule has 0 fully saturated rings. The number of nitrogens with one attached hydrogen (secondary N) is 1. The summed E-state index contributed by atoms with van der Waals surface area (Å²) in [6.07, 6.45) is 0.460. The van der Waals surface area contributed by atoms with E-state index in [1.807, 2.05) is 30.3 Å². The molecular weight excluding hydrogens is 368 g/mol. The molecule has 1 aromatic heterocycles. The number of urea groups is 1. The van der Waals surface area contributed by atoms with Crippen LogP contribution in [-0.2, 0) is 13.0 Å². The third-order valence-corrected chi connectivity index (χ3v) is 4.08. The van der Waals surface area contributed by atoms with Crippen molar-refractivity contribution in [1.29, 1.82) is 0 Å². The van der Waals surface area contributed by atoms with E-state index in [2.05, 4.69) is 15.5 Å². The molecule has 0 spiro atoms. The molecule has 3 aromatic rings. The molecule has 2 amide bonds. The lowest BCUT2D eigenvalue weighted by Crippen LogP contribution is -2.33. The first kappa shape index (κ1) is 18.7. The van der Waals surface area contributed by atoms with Crippen molar-refractivity contribution >= 4 is 23.3 Å². The third-order valence-electron chi connectivity index (χ3n) is 3.75. The molecule has 0 radical (unpaired) electrons. The molecule has 27 heavy (non-hydrogen) atoms. The summed E-state index contributed by atoms with van der Waals surface area (Å²) in [5.41, 5.74) is 0.566. The molecule has 3 rings (SSSR count). The molecule has 2 aromatic carbocycles. The Labute approximate surface area is 161 Å². The van der Waals surface area contributed by atoms with Gasteiger partial charge in [-0.3, -0.25) is 0 Å². The number of para-hydroxylation sites is 2. The van der Waals surface area contributed by atoms with Gasteiger partial charge < -0.3 is 19.5 Å². The number of amides is 2. The monoisotopic (exact) mass is 386 g/mol. The number of hydrogen-bond donors (Lipinski definition) is 1. The maximum Gasteiger partial charge on any atom is 0.321 e. The van der Waals surface area contributed by atoms with Gasteiger partial charge in [0.25, 0.3) is 5.89 Å². The molecule has 0 atom stereocenters. The minimum atomic E-state index is -0.265. The first-order valence-electron chi connectivity index (χ1n) is 8.38. The fraction of sp³-hybridized carbons (Fsp3) is 0.211. The maximum absolute atomic E-state index is 12.2. The van der Waals surface area contributed by atoms with Crippen LogP contribution in [0.25, 0.3) is 0 Å². The van der Waals surface area contributed by atoms with Gasteiger partial charge in [0.15, 0.2) is 12.4 Å². The molecule has 0 unspecified atom stereocenters. The molecule has 0 aliphatic heterocycles. The van der Waals surface area contributed by atoms with Crippen LogP contribution in [0, 0.1) is 0 Å². The largest absolute Gasteiger partial charge is 0.484 e. The Balaban J connectivity index is 1.46. The Morgan fingerprint density at radius 2 is 1.93 bits per heavy atom. The van der Waals surface area contributed by atoms with Crippen LogP contribution in [0.5, 0.6) is 5.75 Å². The summed E-state index contributed by atoms with van der Waals surface area (Å²) in [5, 5.41) is 7.16. The number of likely N-dealkylation sites (N-methyl/N-ethyl adjacent to an activating group) is 1. The molecule has 0 aliphatic carbocycles. The first-order chi connectivity index (χ1) is 13.1. The second kappa shape index (κ2) is 9.05. The van der Waals surface area contributed by atoms with Gasteiger partial charge >= 0.3 is 6.03 Å². The topological polar surface area (TPSA) is 80.5 Å². The summed E-state index contributed by atoms with van der Waals surface area (Å²) in [5.74, 6) is 1.63. The van der Waals surface area contributed by atoms with Crippen LogP contribution in [0.4, 0.5) is 10.5 Å². The van der Waals surface area contributed by atoms with Gasteiger partial charge in [0.05, 0.1) is 10.7 Å². The zero-order chi connectivity index (χ0) is 19.1. The zero-order valence-corrected chi connectivity index (χ0v) is 15.5. The molecule has 0 aliphatic rings. The SMILES string of the molecule is CN(CCc1noc(COc2ccccc2)n1)C(=O)Nc1ccccc1Cl. The molecule has 0 saturated heterocycles. The van der Waals surface area contributed by atoms with Crippen molar-refractivity contribution < 1.29 is 14.1 Å². The number of rotatable bonds is 7. The van der Waals surface area contributed by atoms with E-state index in [-0.39, 0.29) is 12.6 Å². The van der Waals surface area contributed by atoms with E-state index < -0.39 is 0 Å². The summed E-state index contributed by atoms with van der Waals surface area (Å²) in [6, 6.07) is 16.2. The lowest BCUT2D eigenvalue weighted by atomic mass is 10.3. The number of anilines is 1. The third kappa shape index (κ3) is 5.46. The van der Waals surface area contributed by atoms with Crippen molar-refractivity contribution in [2.75, 3.05) is 18.9 Å². The normalized spacial score (nSPS) is 10.4. The highest BCUT2D eigenvalue weighted by Gasteiger charge is 2.13. The number of carbonyl (C=O) groups is 1. The predicted molar refractivity (Wildman–Crippen MR) is 102 cm³/mol. The lowest BCUT2D eigenvalue weighted by Gasteiger charge is -2.17. The highest BCUT2D eigenvalue weighted by molar-refractivity contribution is 6.33. The Morgan fingerprint density at radius 1 is 1.19 bits per heavy atom. The molecule has 1 N–H and O–H groups in total. The van der Waals surface area contributed by atoms with E-state index in [1.165, 1.54) is 4.90 Å². The molecule has 140 valence electrons. The average Bonchev–Trinajstić information content (AvgIpc) is 3.15. The standard InChI is InChI=1S/C19H19ClN4O3/c1-24(19(25)21-16-10-6-5-9-15(16)20)12-11-17-22-18(27-23-17)13-26-14-7-3-2-4-8-14/h2-10H,11-13H2,1H3,(H,21,25). The summed E-state index contributed by atoms with van der Waals surface area (Å²) in [7, 11) is 1.69. The van der Waals surface area contributed by atoms with Gasteiger partial charge in [-0.25, -0.2) is 4.79 Å². The minimum Gasteiger partial charge on any atom is -0.484 e. The van der Waals surface area contributed by atoms with Gasteiger partial charge in [0, 0.05) is 20.0 Å². The van der Waals surface area contributed by atoms with Crippen LogP contribution in [0.2, 0.25) is 5.02 Å². The van der Waals surface area contributed by atoms with E-state index in [0.717, 1.165) is 5.75 Å². The number of ether oxygens (including phenoxy) is 1. The average molecular weight is 387 g/mol. The van der Waals surface area contributed by atoms with Crippen LogP contribution in [0.15, 0.2) is 59.1 Å². The second-order valence-electron chi connectivity index (χ2n) is 5.79. The van der Waals surface area contributed by atoms with Crippen LogP contribution >= 0.6 is 11.6 Å². The van der Waals surface area contributed by atoms with E-state index in [4.69, 9.17) is 20.9 Å². The number of aromatic nitrogens is 2. The Bertz CT molecular complexity index is 885. The van der Waals surface area contributed by atoms with E-state index in [1.54, 1.807) is 31.3 Å². The van der Waals surface area contributed by atoms with Gasteiger partial charge in [-0.2, -0.15) is 4.98 Å². The molecule has 1 heterocycles. The fourth-order valence-electron chi connectivity index (χ4n) is 2.25. The molecule has 0 saturated carbocycles. The predicted octanol–water partition coefficient (Wildman–Crippen LogP) is 4.01. The summed E-state index contributed by atoms with van der Waals surface area (Å²) in [4.78, 5) is 18.0. The first-order valence-corrected chi connectivity index (χ1v) is 8.75. The van der Waals surface area contributed by atoms with Crippen molar-refractivity contribution in [3.05, 3.63) is 71.3 Å². The quantitative estimate of drug-likeness (QED) is 0.663. The summed E-state index contributed by atoms with van der Waals surface area (Å²) in [6.45, 7) is 0.620. The van der Waals surface area contributed by atoms with Crippen molar-refractivity contribution in [3.63, 3.8) is 0 Å². The Kier molecular flexibility index (Phi) is 6.27. The van der Waals surface area contributed by atoms with E-state index in [0.29, 0.717) is 35.4 Å². The zero-order valence-electron chi connectivity index (χ0n) is 14.8. The van der Waals surface area contributed by atoms with Crippen LogP contribution in [-0.4, -0.2) is 34.7 Å². The lowest BCUT2D eigenvalue weighted by molar-refractivity contribution is 0.222. The van der Waals surface area contributed by atoms with Gasteiger partial charge in [-0.05, 0) is 24.3 Å². The van der Waals surface area contributed by atoms with Crippen molar-refractivity contribution in [1.82, 2.24) is 15.0 Å². The van der Waals surface area contributed by atoms with E-state index in [9.17, 15) is 4.79 Å². The number of hydrogen-bond acceptors (Lipinski definition) is 5. The van der Waals surface area contributed by atoms with Crippen LogP contribution in [0.1, 0.15) is 11.7 Å². The fourth-order valence-corrected chi connectivity index (χ4v) is 2.44. The Hall–Kier alpha value is -3.06. The molecule has 7 nitrogen and oxygen atoms in total. The molecule has 8 heteroatoms. The van der Waals surface area contributed by atoms with Gasteiger partial charge in [-0.1, -0.05) is 47.1 Å². The summed E-state index contributed by atoms with van der Waals surface area (Å²) < 4.78 is 10.7.